The number of rotatable bonds is 11. The first-order valence-corrected chi connectivity index (χ1v) is 9.50. The molecular weight excluding hydrogens is 375 g/mol. The fourth-order valence-electron chi connectivity index (χ4n) is 2.40. The second kappa shape index (κ2) is 11.0. The molecule has 0 amide bonds. The van der Waals surface area contributed by atoms with E-state index < -0.39 is 0 Å². The molecule has 0 fully saturated rings. The summed E-state index contributed by atoms with van der Waals surface area (Å²) in [4.78, 5) is 0. The smallest absolute Gasteiger partial charge is 0.161 e. The van der Waals surface area contributed by atoms with Crippen molar-refractivity contribution >= 4 is 23.2 Å². The Bertz CT molecular complexity index is 632. The lowest BCUT2D eigenvalue weighted by molar-refractivity contribution is 0.252. The summed E-state index contributed by atoms with van der Waals surface area (Å²) >= 11 is 11.7. The summed E-state index contributed by atoms with van der Waals surface area (Å²) < 4.78 is 22.3. The largest absolute Gasteiger partial charge is 0.493 e. The Morgan fingerprint density at radius 2 is 1.08 bits per heavy atom. The minimum absolute atomic E-state index is 0.442. The van der Waals surface area contributed by atoms with Crippen LogP contribution in [0.5, 0.6) is 23.0 Å². The van der Waals surface area contributed by atoms with Crippen LogP contribution in [-0.2, 0) is 11.8 Å². The molecule has 4 nitrogen and oxygen atoms in total. The summed E-state index contributed by atoms with van der Waals surface area (Å²) in [5.41, 5.74) is 1.99. The molecule has 0 heterocycles. The molecule has 142 valence electrons. The number of benzene rings is 2. The van der Waals surface area contributed by atoms with Gasteiger partial charge in [-0.1, -0.05) is 12.1 Å². The van der Waals surface area contributed by atoms with Gasteiger partial charge in [0.25, 0.3) is 0 Å². The van der Waals surface area contributed by atoms with Gasteiger partial charge in [-0.2, -0.15) is 0 Å². The Kier molecular flexibility index (Phi) is 8.72. The van der Waals surface area contributed by atoms with Crippen molar-refractivity contribution in [2.75, 3.05) is 27.4 Å². The van der Waals surface area contributed by atoms with Gasteiger partial charge in [-0.3, -0.25) is 0 Å². The topological polar surface area (TPSA) is 36.9 Å². The van der Waals surface area contributed by atoms with Crippen molar-refractivity contribution in [3.8, 4) is 23.0 Å². The quantitative estimate of drug-likeness (QED) is 0.374. The van der Waals surface area contributed by atoms with Gasteiger partial charge in [0.05, 0.1) is 27.4 Å². The van der Waals surface area contributed by atoms with E-state index in [1.807, 2.05) is 36.4 Å². The van der Waals surface area contributed by atoms with Crippen LogP contribution in [0.25, 0.3) is 0 Å². The molecule has 0 unspecified atom stereocenters. The zero-order valence-electron chi connectivity index (χ0n) is 15.1. The second-order valence-electron chi connectivity index (χ2n) is 5.64. The lowest BCUT2D eigenvalue weighted by atomic mass is 10.2. The molecule has 0 aliphatic rings. The minimum Gasteiger partial charge on any atom is -0.493 e. The summed E-state index contributed by atoms with van der Waals surface area (Å²) in [6.45, 7) is 1.15. The molecule has 0 saturated heterocycles. The maximum Gasteiger partial charge on any atom is 0.161 e. The molecule has 26 heavy (non-hydrogen) atoms. The van der Waals surface area contributed by atoms with Gasteiger partial charge in [0.1, 0.15) is 0 Å². The van der Waals surface area contributed by atoms with Crippen molar-refractivity contribution in [2.45, 2.75) is 24.6 Å². The molecule has 0 atom stereocenters. The van der Waals surface area contributed by atoms with Crippen molar-refractivity contribution < 1.29 is 18.9 Å². The van der Waals surface area contributed by atoms with Crippen molar-refractivity contribution in [1.29, 1.82) is 0 Å². The summed E-state index contributed by atoms with van der Waals surface area (Å²) in [6, 6.07) is 11.4. The first-order valence-electron chi connectivity index (χ1n) is 8.43. The van der Waals surface area contributed by atoms with Crippen LogP contribution in [0.15, 0.2) is 36.4 Å². The van der Waals surface area contributed by atoms with E-state index >= 15 is 0 Å². The molecule has 6 heteroatoms. The molecule has 2 aromatic rings. The number of alkyl halides is 2. The Balaban J connectivity index is 1.78. The number of methoxy groups -OCH3 is 2. The molecule has 0 saturated carbocycles. The fourth-order valence-corrected chi connectivity index (χ4v) is 2.73. The van der Waals surface area contributed by atoms with E-state index in [0.717, 1.165) is 24.0 Å². The number of hydrogen-bond acceptors (Lipinski definition) is 4. The number of halogens is 2. The number of unbranched alkanes of at least 4 members (excludes halogenated alkanes) is 1. The standard InChI is InChI=1S/C20H24Cl2O4/c1-23-17-7-5-15(13-21)11-19(17)25-9-3-4-10-26-20-12-16(14-22)6-8-18(20)24-2/h5-8,11-12H,3-4,9-10,13-14H2,1-2H3. The van der Waals surface area contributed by atoms with Crippen LogP contribution in [0, 0.1) is 0 Å². The zero-order chi connectivity index (χ0) is 18.8. The highest BCUT2D eigenvalue weighted by Gasteiger charge is 2.07. The highest BCUT2D eigenvalue weighted by Crippen LogP contribution is 2.30. The van der Waals surface area contributed by atoms with Gasteiger partial charge in [0.2, 0.25) is 0 Å². The van der Waals surface area contributed by atoms with Gasteiger partial charge in [-0.25, -0.2) is 0 Å². The lowest BCUT2D eigenvalue weighted by Gasteiger charge is -2.13. The summed E-state index contributed by atoms with van der Waals surface area (Å²) in [5.74, 6) is 3.72. The van der Waals surface area contributed by atoms with E-state index in [1.165, 1.54) is 0 Å². The first-order chi connectivity index (χ1) is 12.7. The van der Waals surface area contributed by atoms with E-state index in [-0.39, 0.29) is 0 Å². The first kappa shape index (κ1) is 20.5. The highest BCUT2D eigenvalue weighted by molar-refractivity contribution is 6.17. The van der Waals surface area contributed by atoms with E-state index in [0.29, 0.717) is 48.0 Å². The van der Waals surface area contributed by atoms with E-state index in [1.54, 1.807) is 14.2 Å². The molecule has 0 aliphatic heterocycles. The third kappa shape index (κ3) is 5.89. The van der Waals surface area contributed by atoms with Crippen LogP contribution in [0.4, 0.5) is 0 Å². The van der Waals surface area contributed by atoms with Crippen LogP contribution in [0.2, 0.25) is 0 Å². The lowest BCUT2D eigenvalue weighted by Crippen LogP contribution is -2.04. The zero-order valence-corrected chi connectivity index (χ0v) is 16.6. The monoisotopic (exact) mass is 398 g/mol. The van der Waals surface area contributed by atoms with Crippen LogP contribution >= 0.6 is 23.2 Å². The number of ether oxygens (including phenoxy) is 4. The maximum absolute atomic E-state index is 5.87. The van der Waals surface area contributed by atoms with Gasteiger partial charge in [0.15, 0.2) is 23.0 Å². The predicted octanol–water partition coefficient (Wildman–Crippen LogP) is 5.42. The summed E-state index contributed by atoms with van der Waals surface area (Å²) in [7, 11) is 3.25. The van der Waals surface area contributed by atoms with Crippen molar-refractivity contribution in [1.82, 2.24) is 0 Å². The van der Waals surface area contributed by atoms with Crippen molar-refractivity contribution in [2.24, 2.45) is 0 Å². The molecule has 2 aromatic carbocycles. The van der Waals surface area contributed by atoms with Gasteiger partial charge in [0, 0.05) is 11.8 Å². The summed E-state index contributed by atoms with van der Waals surface area (Å²) in [5, 5.41) is 0. The SMILES string of the molecule is COc1ccc(CCl)cc1OCCCCOc1cc(CCl)ccc1OC. The molecule has 0 spiro atoms. The normalized spacial score (nSPS) is 10.5. The summed E-state index contributed by atoms with van der Waals surface area (Å²) in [6.07, 6.45) is 1.71. The molecule has 0 radical (unpaired) electrons. The minimum atomic E-state index is 0.442. The Labute approximate surface area is 164 Å². The Hall–Kier alpha value is -1.78. The van der Waals surface area contributed by atoms with Crippen LogP contribution in [-0.4, -0.2) is 27.4 Å². The predicted molar refractivity (Wildman–Crippen MR) is 105 cm³/mol. The Morgan fingerprint density at radius 3 is 1.42 bits per heavy atom. The molecule has 0 N–H and O–H groups in total. The highest BCUT2D eigenvalue weighted by atomic mass is 35.5. The second-order valence-corrected chi connectivity index (χ2v) is 6.18. The average molecular weight is 399 g/mol. The fraction of sp³-hybridized carbons (Fsp3) is 0.400. The van der Waals surface area contributed by atoms with Crippen LogP contribution in [0.3, 0.4) is 0 Å². The van der Waals surface area contributed by atoms with E-state index in [2.05, 4.69) is 0 Å². The van der Waals surface area contributed by atoms with Gasteiger partial charge < -0.3 is 18.9 Å². The van der Waals surface area contributed by atoms with Gasteiger partial charge in [-0.05, 0) is 48.2 Å². The molecule has 0 aromatic heterocycles. The third-order valence-corrected chi connectivity index (χ3v) is 4.44. The molecule has 0 bridgehead atoms. The van der Waals surface area contributed by atoms with Crippen molar-refractivity contribution in [3.63, 3.8) is 0 Å². The molecule has 0 aliphatic carbocycles. The maximum atomic E-state index is 5.87. The van der Waals surface area contributed by atoms with Crippen molar-refractivity contribution in [3.05, 3.63) is 47.5 Å². The molecule has 2 rings (SSSR count). The van der Waals surface area contributed by atoms with E-state index in [4.69, 9.17) is 42.1 Å². The molecular formula is C20H24Cl2O4. The Morgan fingerprint density at radius 1 is 0.654 bits per heavy atom. The average Bonchev–Trinajstić information content (AvgIpc) is 2.70. The number of hydrogen-bond donors (Lipinski definition) is 0. The van der Waals surface area contributed by atoms with Gasteiger partial charge in [-0.15, -0.1) is 23.2 Å². The third-order valence-electron chi connectivity index (χ3n) is 3.82. The van der Waals surface area contributed by atoms with Gasteiger partial charge >= 0.3 is 0 Å². The van der Waals surface area contributed by atoms with E-state index in [9.17, 15) is 0 Å². The van der Waals surface area contributed by atoms with Crippen LogP contribution in [0.1, 0.15) is 24.0 Å². The van der Waals surface area contributed by atoms with Crippen LogP contribution < -0.4 is 18.9 Å².